The number of hydrogen-bond donors (Lipinski definition) is 0. The molecule has 0 saturated heterocycles. The molecule has 0 N–H and O–H groups in total. The third-order valence-corrected chi connectivity index (χ3v) is 7.56. The third-order valence-electron chi connectivity index (χ3n) is 7.56. The van der Waals surface area contributed by atoms with E-state index in [2.05, 4.69) is 152 Å². The van der Waals surface area contributed by atoms with Gasteiger partial charge in [-0.15, -0.1) is 0 Å². The van der Waals surface area contributed by atoms with Crippen molar-refractivity contribution < 1.29 is 0 Å². The van der Waals surface area contributed by atoms with Crippen molar-refractivity contribution in [1.29, 1.82) is 0 Å². The summed E-state index contributed by atoms with van der Waals surface area (Å²) in [6, 6.07) is 47.8. The van der Waals surface area contributed by atoms with Crippen LogP contribution in [0.2, 0.25) is 0 Å². The number of hydrogen-bond acceptors (Lipinski definition) is 1. The van der Waals surface area contributed by atoms with E-state index < -0.39 is 0 Å². The van der Waals surface area contributed by atoms with Crippen molar-refractivity contribution in [1.82, 2.24) is 9.55 Å². The van der Waals surface area contributed by atoms with Crippen LogP contribution in [0.15, 0.2) is 133 Å². The second kappa shape index (κ2) is 9.41. The van der Waals surface area contributed by atoms with E-state index >= 15 is 0 Å². The van der Waals surface area contributed by atoms with E-state index in [-0.39, 0.29) is 0 Å². The summed E-state index contributed by atoms with van der Waals surface area (Å²) in [6.07, 6.45) is 0. The lowest BCUT2D eigenvalue weighted by molar-refractivity contribution is 1.18. The minimum atomic E-state index is 0.981. The predicted molar refractivity (Wildman–Crippen MR) is 164 cm³/mol. The van der Waals surface area contributed by atoms with Gasteiger partial charge in [-0.3, -0.25) is 0 Å². The number of nitrogens with zero attached hydrogens (tertiary/aromatic N) is 2. The fourth-order valence-corrected chi connectivity index (χ4v) is 5.45. The van der Waals surface area contributed by atoms with E-state index in [9.17, 15) is 0 Å². The lowest BCUT2D eigenvalue weighted by Crippen LogP contribution is -1.94. The van der Waals surface area contributed by atoms with Gasteiger partial charge < -0.3 is 4.57 Å². The van der Waals surface area contributed by atoms with Crippen molar-refractivity contribution >= 4 is 21.8 Å². The molecule has 2 heterocycles. The predicted octanol–water partition coefficient (Wildman–Crippen LogP) is 9.80. The van der Waals surface area contributed by atoms with Gasteiger partial charge in [0.1, 0.15) is 0 Å². The number of para-hydroxylation sites is 2. The summed E-state index contributed by atoms with van der Waals surface area (Å²) in [6.45, 7) is 4.23. The molecule has 186 valence electrons. The molecular formula is C37H28N2. The molecule has 7 rings (SSSR count). The Hall–Kier alpha value is -4.95. The summed E-state index contributed by atoms with van der Waals surface area (Å²) in [5.74, 6) is 0. The Kier molecular flexibility index (Phi) is 5.60. The minimum Gasteiger partial charge on any atom is -0.309 e. The number of aryl methyl sites for hydroxylation is 2. The van der Waals surface area contributed by atoms with Crippen LogP contribution in [-0.2, 0) is 0 Å². The highest BCUT2D eigenvalue weighted by atomic mass is 15.0. The second-order valence-corrected chi connectivity index (χ2v) is 10.3. The Morgan fingerprint density at radius 3 is 1.36 bits per heavy atom. The molecule has 0 radical (unpaired) electrons. The standard InChI is InChI=1S/C37H28N2/c1-25-11-15-28(16-12-25)34-23-30(24-35(38-34)29-17-13-26(2)14-18-29)27-19-21-31(22-20-27)39-36-9-5-3-7-32(36)33-8-4-6-10-37(33)39/h3-24H,1-2H3. The molecule has 2 nitrogen and oxygen atoms in total. The van der Waals surface area contributed by atoms with E-state index in [1.165, 1.54) is 38.5 Å². The zero-order valence-electron chi connectivity index (χ0n) is 22.1. The Balaban J connectivity index is 1.36. The topological polar surface area (TPSA) is 17.8 Å². The summed E-state index contributed by atoms with van der Waals surface area (Å²) in [7, 11) is 0. The molecule has 0 unspecified atom stereocenters. The van der Waals surface area contributed by atoms with Crippen molar-refractivity contribution in [3.05, 3.63) is 145 Å². The number of rotatable bonds is 4. The van der Waals surface area contributed by atoms with Gasteiger partial charge in [0.2, 0.25) is 0 Å². The average molecular weight is 501 g/mol. The molecule has 0 spiro atoms. The van der Waals surface area contributed by atoms with Gasteiger partial charge in [-0.05, 0) is 61.4 Å². The van der Waals surface area contributed by atoms with Crippen LogP contribution in [0.25, 0.3) is 61.1 Å². The third kappa shape index (κ3) is 4.20. The van der Waals surface area contributed by atoms with Gasteiger partial charge in [-0.25, -0.2) is 4.98 Å². The first-order chi connectivity index (χ1) is 19.1. The summed E-state index contributed by atoms with van der Waals surface area (Å²) in [5.41, 5.74) is 12.6. The van der Waals surface area contributed by atoms with Gasteiger partial charge in [-0.1, -0.05) is 108 Å². The van der Waals surface area contributed by atoms with Crippen LogP contribution in [0.3, 0.4) is 0 Å². The molecule has 0 atom stereocenters. The largest absolute Gasteiger partial charge is 0.309 e. The van der Waals surface area contributed by atoms with E-state index in [0.717, 1.165) is 33.8 Å². The van der Waals surface area contributed by atoms with Crippen molar-refractivity contribution in [2.24, 2.45) is 0 Å². The number of pyridine rings is 1. The van der Waals surface area contributed by atoms with Crippen LogP contribution >= 0.6 is 0 Å². The summed E-state index contributed by atoms with van der Waals surface area (Å²) in [4.78, 5) is 5.08. The van der Waals surface area contributed by atoms with Crippen molar-refractivity contribution in [3.8, 4) is 39.3 Å². The molecule has 0 aliphatic rings. The van der Waals surface area contributed by atoms with Crippen LogP contribution < -0.4 is 0 Å². The first-order valence-corrected chi connectivity index (χ1v) is 13.4. The fourth-order valence-electron chi connectivity index (χ4n) is 5.45. The number of fused-ring (bicyclic) bond motifs is 3. The van der Waals surface area contributed by atoms with Crippen LogP contribution in [0.5, 0.6) is 0 Å². The van der Waals surface area contributed by atoms with Gasteiger partial charge in [0.15, 0.2) is 0 Å². The Bertz CT molecular complexity index is 1820. The van der Waals surface area contributed by atoms with Crippen molar-refractivity contribution in [2.45, 2.75) is 13.8 Å². The lowest BCUT2D eigenvalue weighted by atomic mass is 9.99. The second-order valence-electron chi connectivity index (χ2n) is 10.3. The van der Waals surface area contributed by atoms with Gasteiger partial charge in [0.05, 0.1) is 22.4 Å². The van der Waals surface area contributed by atoms with E-state index in [1.807, 2.05) is 0 Å². The van der Waals surface area contributed by atoms with Crippen molar-refractivity contribution in [3.63, 3.8) is 0 Å². The maximum atomic E-state index is 5.08. The summed E-state index contributed by atoms with van der Waals surface area (Å²) in [5, 5.41) is 2.55. The normalized spacial score (nSPS) is 11.3. The van der Waals surface area contributed by atoms with Gasteiger partial charge >= 0.3 is 0 Å². The molecule has 0 fully saturated rings. The van der Waals surface area contributed by atoms with E-state index in [0.29, 0.717) is 0 Å². The summed E-state index contributed by atoms with van der Waals surface area (Å²) >= 11 is 0. The van der Waals surface area contributed by atoms with Gasteiger partial charge in [-0.2, -0.15) is 0 Å². The Morgan fingerprint density at radius 2 is 0.872 bits per heavy atom. The molecule has 0 amide bonds. The molecule has 0 aliphatic carbocycles. The molecule has 0 bridgehead atoms. The maximum Gasteiger partial charge on any atom is 0.0715 e. The molecule has 7 aromatic rings. The highest BCUT2D eigenvalue weighted by Gasteiger charge is 2.13. The van der Waals surface area contributed by atoms with Crippen LogP contribution in [0, 0.1) is 13.8 Å². The van der Waals surface area contributed by atoms with Crippen molar-refractivity contribution in [2.75, 3.05) is 0 Å². The number of benzene rings is 5. The molecule has 0 saturated carbocycles. The first-order valence-electron chi connectivity index (χ1n) is 13.4. The van der Waals surface area contributed by atoms with Crippen LogP contribution in [0.1, 0.15) is 11.1 Å². The SMILES string of the molecule is Cc1ccc(-c2cc(-c3ccc(-n4c5ccccc5c5ccccc54)cc3)cc(-c3ccc(C)cc3)n2)cc1. The van der Waals surface area contributed by atoms with E-state index in [4.69, 9.17) is 4.98 Å². The molecule has 5 aromatic carbocycles. The minimum absolute atomic E-state index is 0.981. The van der Waals surface area contributed by atoms with Gasteiger partial charge in [0, 0.05) is 27.6 Å². The smallest absolute Gasteiger partial charge is 0.0715 e. The first kappa shape index (κ1) is 23.2. The quantitative estimate of drug-likeness (QED) is 0.235. The molecular weight excluding hydrogens is 472 g/mol. The molecule has 2 aromatic heterocycles. The number of aromatic nitrogens is 2. The van der Waals surface area contributed by atoms with Gasteiger partial charge in [0.25, 0.3) is 0 Å². The van der Waals surface area contributed by atoms with Crippen LogP contribution in [0.4, 0.5) is 0 Å². The average Bonchev–Trinajstić information content (AvgIpc) is 3.32. The monoisotopic (exact) mass is 500 g/mol. The van der Waals surface area contributed by atoms with Crippen LogP contribution in [-0.4, -0.2) is 9.55 Å². The lowest BCUT2D eigenvalue weighted by Gasteiger charge is -2.12. The fraction of sp³-hybridized carbons (Fsp3) is 0.0541. The molecule has 2 heteroatoms. The highest BCUT2D eigenvalue weighted by molar-refractivity contribution is 6.09. The molecule has 0 aliphatic heterocycles. The Labute approximate surface area is 228 Å². The zero-order chi connectivity index (χ0) is 26.3. The Morgan fingerprint density at radius 1 is 0.436 bits per heavy atom. The zero-order valence-corrected chi connectivity index (χ0v) is 22.1. The molecule has 39 heavy (non-hydrogen) atoms. The van der Waals surface area contributed by atoms with E-state index in [1.54, 1.807) is 0 Å². The highest BCUT2D eigenvalue weighted by Crippen LogP contribution is 2.34. The summed E-state index contributed by atoms with van der Waals surface area (Å²) < 4.78 is 2.36. The maximum absolute atomic E-state index is 5.08.